The average molecular weight is 233 g/mol. The van der Waals surface area contributed by atoms with Crippen molar-refractivity contribution in [2.45, 2.75) is 50.9 Å². The van der Waals surface area contributed by atoms with Gasteiger partial charge in [0.2, 0.25) is 0 Å². The Bertz CT molecular complexity index is 346. The van der Waals surface area contributed by atoms with Crippen molar-refractivity contribution in [3.05, 3.63) is 17.5 Å². The Hall–Kier alpha value is -0.830. The van der Waals surface area contributed by atoms with Crippen molar-refractivity contribution in [3.63, 3.8) is 0 Å². The average Bonchev–Trinajstić information content (AvgIpc) is 3.02. The van der Waals surface area contributed by atoms with E-state index < -0.39 is 0 Å². The van der Waals surface area contributed by atoms with Crippen molar-refractivity contribution < 1.29 is 0 Å². The summed E-state index contributed by atoms with van der Waals surface area (Å²) in [5, 5.41) is 11.0. The lowest BCUT2D eigenvalue weighted by Gasteiger charge is -2.22. The molecule has 94 valence electrons. The molecule has 3 nitrogen and oxygen atoms in total. The van der Waals surface area contributed by atoms with E-state index in [1.165, 1.54) is 69.3 Å². The molecule has 1 aromatic heterocycles. The molecule has 1 aliphatic carbocycles. The maximum absolute atomic E-state index is 4.29. The van der Waals surface area contributed by atoms with Crippen molar-refractivity contribution in [1.82, 2.24) is 15.5 Å². The predicted molar refractivity (Wildman–Crippen MR) is 69.1 cm³/mol. The van der Waals surface area contributed by atoms with Crippen LogP contribution in [0.2, 0.25) is 0 Å². The van der Waals surface area contributed by atoms with Crippen molar-refractivity contribution in [2.24, 2.45) is 5.92 Å². The van der Waals surface area contributed by atoms with E-state index in [1.807, 2.05) is 0 Å². The monoisotopic (exact) mass is 233 g/mol. The lowest BCUT2D eigenvalue weighted by Crippen LogP contribution is -2.13. The highest BCUT2D eigenvalue weighted by molar-refractivity contribution is 5.22. The van der Waals surface area contributed by atoms with E-state index in [9.17, 15) is 0 Å². The second-order valence-electron chi connectivity index (χ2n) is 5.70. The Morgan fingerprint density at radius 3 is 2.82 bits per heavy atom. The van der Waals surface area contributed by atoms with E-state index in [4.69, 9.17) is 0 Å². The molecule has 2 heterocycles. The summed E-state index contributed by atoms with van der Waals surface area (Å²) < 4.78 is 0. The van der Waals surface area contributed by atoms with Gasteiger partial charge in [-0.2, -0.15) is 5.10 Å². The highest BCUT2D eigenvalue weighted by atomic mass is 15.1. The molecule has 3 rings (SSSR count). The van der Waals surface area contributed by atoms with E-state index in [0.29, 0.717) is 0 Å². The summed E-state index contributed by atoms with van der Waals surface area (Å²) in [5.74, 6) is 1.60. The van der Waals surface area contributed by atoms with Crippen LogP contribution in [0.3, 0.4) is 0 Å². The van der Waals surface area contributed by atoms with Gasteiger partial charge in [0.15, 0.2) is 0 Å². The number of hydrogen-bond acceptors (Lipinski definition) is 2. The quantitative estimate of drug-likeness (QED) is 0.842. The minimum atomic E-state index is 0.784. The number of H-pyrrole nitrogens is 1. The van der Waals surface area contributed by atoms with Gasteiger partial charge in [-0.15, -0.1) is 0 Å². The number of nitrogens with one attached hydrogen (secondary N) is 2. The SMILES string of the molecule is c1n[nH]c(CC2CCNC2)c1C1CCCCC1. The third-order valence-corrected chi connectivity index (χ3v) is 4.45. The van der Waals surface area contributed by atoms with Crippen LogP contribution < -0.4 is 5.32 Å². The molecule has 2 aliphatic rings. The van der Waals surface area contributed by atoms with Crippen LogP contribution in [-0.4, -0.2) is 23.3 Å². The van der Waals surface area contributed by atoms with Gasteiger partial charge in [-0.1, -0.05) is 19.3 Å². The number of hydrogen-bond donors (Lipinski definition) is 2. The molecule has 1 saturated heterocycles. The molecule has 0 spiro atoms. The van der Waals surface area contributed by atoms with E-state index in [0.717, 1.165) is 11.8 Å². The van der Waals surface area contributed by atoms with E-state index in [1.54, 1.807) is 0 Å². The zero-order valence-electron chi connectivity index (χ0n) is 10.5. The van der Waals surface area contributed by atoms with Crippen LogP contribution in [0.25, 0.3) is 0 Å². The Balaban J connectivity index is 1.69. The summed E-state index contributed by atoms with van der Waals surface area (Å²) in [6.07, 6.45) is 11.6. The largest absolute Gasteiger partial charge is 0.316 e. The van der Waals surface area contributed by atoms with Crippen molar-refractivity contribution in [2.75, 3.05) is 13.1 Å². The zero-order valence-corrected chi connectivity index (χ0v) is 10.5. The zero-order chi connectivity index (χ0) is 11.5. The first-order valence-corrected chi connectivity index (χ1v) is 7.16. The fraction of sp³-hybridized carbons (Fsp3) is 0.786. The van der Waals surface area contributed by atoms with E-state index in [-0.39, 0.29) is 0 Å². The van der Waals surface area contributed by atoms with Crippen molar-refractivity contribution in [1.29, 1.82) is 0 Å². The molecule has 2 fully saturated rings. The molecule has 1 unspecified atom stereocenters. The van der Waals surface area contributed by atoms with Gasteiger partial charge in [-0.05, 0) is 56.2 Å². The third kappa shape index (κ3) is 2.54. The molecule has 0 aromatic carbocycles. The number of aromatic amines is 1. The molecule has 1 atom stereocenters. The molecule has 2 N–H and O–H groups in total. The molecular weight excluding hydrogens is 210 g/mol. The summed E-state index contributed by atoms with van der Waals surface area (Å²) in [6.45, 7) is 2.38. The van der Waals surface area contributed by atoms with Crippen molar-refractivity contribution >= 4 is 0 Å². The van der Waals surface area contributed by atoms with Crippen LogP contribution in [0, 0.1) is 5.92 Å². The fourth-order valence-corrected chi connectivity index (χ4v) is 3.43. The van der Waals surface area contributed by atoms with Gasteiger partial charge in [-0.3, -0.25) is 5.10 Å². The molecule has 3 heteroatoms. The van der Waals surface area contributed by atoms with Gasteiger partial charge in [-0.25, -0.2) is 0 Å². The predicted octanol–water partition coefficient (Wildman–Crippen LogP) is 2.61. The first-order valence-electron chi connectivity index (χ1n) is 7.16. The topological polar surface area (TPSA) is 40.7 Å². The first kappa shape index (κ1) is 11.3. The summed E-state index contributed by atoms with van der Waals surface area (Å²) in [5.41, 5.74) is 2.95. The maximum Gasteiger partial charge on any atom is 0.0524 e. The van der Waals surface area contributed by atoms with Gasteiger partial charge in [0.05, 0.1) is 6.20 Å². The summed E-state index contributed by atoms with van der Waals surface area (Å²) in [7, 11) is 0. The van der Waals surface area contributed by atoms with Gasteiger partial charge in [0, 0.05) is 5.69 Å². The highest BCUT2D eigenvalue weighted by Crippen LogP contribution is 2.34. The molecule has 1 aliphatic heterocycles. The number of aromatic nitrogens is 2. The smallest absolute Gasteiger partial charge is 0.0524 e. The van der Waals surface area contributed by atoms with Crippen LogP contribution in [0.5, 0.6) is 0 Å². The van der Waals surface area contributed by atoms with Crippen LogP contribution in [0.4, 0.5) is 0 Å². The second kappa shape index (κ2) is 5.21. The minimum absolute atomic E-state index is 0.784. The first-order chi connectivity index (χ1) is 8.43. The molecular formula is C14H23N3. The normalized spacial score (nSPS) is 26.5. The maximum atomic E-state index is 4.29. The summed E-state index contributed by atoms with van der Waals surface area (Å²) in [4.78, 5) is 0. The summed E-state index contributed by atoms with van der Waals surface area (Å²) >= 11 is 0. The van der Waals surface area contributed by atoms with Crippen LogP contribution in [0.1, 0.15) is 55.7 Å². The Morgan fingerprint density at radius 2 is 2.06 bits per heavy atom. The lowest BCUT2D eigenvalue weighted by molar-refractivity contribution is 0.439. The van der Waals surface area contributed by atoms with Crippen LogP contribution >= 0.6 is 0 Å². The summed E-state index contributed by atoms with van der Waals surface area (Å²) in [6, 6.07) is 0. The van der Waals surface area contributed by atoms with Gasteiger partial charge in [0.1, 0.15) is 0 Å². The van der Waals surface area contributed by atoms with Gasteiger partial charge < -0.3 is 5.32 Å². The molecule has 0 radical (unpaired) electrons. The molecule has 1 aromatic rings. The lowest BCUT2D eigenvalue weighted by atomic mass is 9.83. The van der Waals surface area contributed by atoms with Crippen LogP contribution in [0.15, 0.2) is 6.20 Å². The van der Waals surface area contributed by atoms with E-state index in [2.05, 4.69) is 21.7 Å². The van der Waals surface area contributed by atoms with Gasteiger partial charge in [0.25, 0.3) is 0 Å². The number of rotatable bonds is 3. The second-order valence-corrected chi connectivity index (χ2v) is 5.70. The molecule has 0 bridgehead atoms. The van der Waals surface area contributed by atoms with Crippen LogP contribution in [-0.2, 0) is 6.42 Å². The third-order valence-electron chi connectivity index (χ3n) is 4.45. The van der Waals surface area contributed by atoms with Gasteiger partial charge >= 0.3 is 0 Å². The van der Waals surface area contributed by atoms with Crippen molar-refractivity contribution in [3.8, 4) is 0 Å². The standard InChI is InChI=1S/C14H23N3/c1-2-4-12(5-3-1)13-10-16-17-14(13)8-11-6-7-15-9-11/h10-12,15H,1-9H2,(H,16,17). The Labute approximate surface area is 103 Å². The molecule has 1 saturated carbocycles. The Kier molecular flexibility index (Phi) is 3.46. The van der Waals surface area contributed by atoms with E-state index >= 15 is 0 Å². The fourth-order valence-electron chi connectivity index (χ4n) is 3.43. The molecule has 0 amide bonds. The number of nitrogens with zero attached hydrogens (tertiary/aromatic N) is 1. The minimum Gasteiger partial charge on any atom is -0.316 e. The molecule has 17 heavy (non-hydrogen) atoms. The Morgan fingerprint density at radius 1 is 1.18 bits per heavy atom. The highest BCUT2D eigenvalue weighted by Gasteiger charge is 2.22.